The molecule has 1 rings (SSSR count). The van der Waals surface area contributed by atoms with Gasteiger partial charge in [-0.25, -0.2) is 8.42 Å². The molecule has 0 unspecified atom stereocenters. The van der Waals surface area contributed by atoms with Gasteiger partial charge in [-0.2, -0.15) is 0 Å². The summed E-state index contributed by atoms with van der Waals surface area (Å²) < 4.78 is 31.7. The molecule has 0 aliphatic rings. The second-order valence-electron chi connectivity index (χ2n) is 2.65. The zero-order valence-electron chi connectivity index (χ0n) is 8.39. The fraction of sp³-hybridized carbons (Fsp3) is 0. The first-order valence-corrected chi connectivity index (χ1v) is 5.02. The van der Waals surface area contributed by atoms with Crippen LogP contribution in [0.15, 0.2) is 23.1 Å². The minimum Gasteiger partial charge on any atom is -0.744 e. The molecule has 11 heteroatoms. The zero-order chi connectivity index (χ0) is 12.5. The number of benzene rings is 1. The number of rotatable bonds is 3. The molecule has 9 nitrogen and oxygen atoms in total. The number of hydrogen-bond donors (Lipinski definition) is 0. The van der Waals surface area contributed by atoms with Crippen LogP contribution in [0.1, 0.15) is 0 Å². The summed E-state index contributed by atoms with van der Waals surface area (Å²) in [4.78, 5) is 17.6. The molecule has 0 saturated heterocycles. The molecule has 0 aromatic heterocycles. The van der Waals surface area contributed by atoms with Crippen LogP contribution in [-0.2, 0) is 10.1 Å². The topological polar surface area (TPSA) is 143 Å². The molecular formula is C6H3LiN2O7S. The molecule has 0 radical (unpaired) electrons. The van der Waals surface area contributed by atoms with Crippen molar-refractivity contribution in [3.8, 4) is 0 Å². The number of non-ortho nitro benzene ring substituents is 2. The average molecular weight is 254 g/mol. The van der Waals surface area contributed by atoms with Crippen molar-refractivity contribution in [3.05, 3.63) is 38.4 Å². The molecule has 1 aromatic carbocycles. The Kier molecular flexibility index (Phi) is 4.78. The third kappa shape index (κ3) is 3.79. The van der Waals surface area contributed by atoms with Crippen LogP contribution >= 0.6 is 0 Å². The molecule has 0 saturated carbocycles. The second kappa shape index (κ2) is 5.24. The van der Waals surface area contributed by atoms with Crippen LogP contribution in [0.2, 0.25) is 0 Å². The van der Waals surface area contributed by atoms with Gasteiger partial charge in [-0.1, -0.05) is 0 Å². The molecule has 0 aliphatic heterocycles. The summed E-state index contributed by atoms with van der Waals surface area (Å²) >= 11 is 0. The van der Waals surface area contributed by atoms with E-state index < -0.39 is 36.2 Å². The first-order valence-electron chi connectivity index (χ1n) is 3.61. The summed E-state index contributed by atoms with van der Waals surface area (Å²) in [5.74, 6) is 0. The number of nitrogens with zero attached hydrogens (tertiary/aromatic N) is 2. The normalized spacial score (nSPS) is 10.4. The van der Waals surface area contributed by atoms with Crippen LogP contribution < -0.4 is 18.9 Å². The minimum absolute atomic E-state index is 0. The zero-order valence-corrected chi connectivity index (χ0v) is 9.21. The SMILES string of the molecule is O=[N+]([O-])c1cc([N+](=O)[O-])cc(S(=O)(=O)[O-])c1.[Li+]. The smallest absolute Gasteiger partial charge is 0.744 e. The maximum Gasteiger partial charge on any atom is 1.00 e. The van der Waals surface area contributed by atoms with Gasteiger partial charge >= 0.3 is 18.9 Å². The summed E-state index contributed by atoms with van der Waals surface area (Å²) in [6.45, 7) is 0. The molecule has 86 valence electrons. The standard InChI is InChI=1S/C6H4N2O7S.Li/c9-7(10)4-1-5(8(11)12)3-6(2-4)16(13,14)15;/h1-3H,(H,13,14,15);/q;+1/p-1. The molecule has 0 amide bonds. The van der Waals surface area contributed by atoms with Gasteiger partial charge in [0.2, 0.25) is 0 Å². The van der Waals surface area contributed by atoms with Crippen molar-refractivity contribution in [3.63, 3.8) is 0 Å². The van der Waals surface area contributed by atoms with Gasteiger partial charge in [0.1, 0.15) is 10.1 Å². The first-order chi connectivity index (χ1) is 7.21. The molecule has 0 N–H and O–H groups in total. The Morgan fingerprint density at radius 3 is 1.53 bits per heavy atom. The van der Waals surface area contributed by atoms with Gasteiger partial charge in [0, 0.05) is 12.1 Å². The third-order valence-electron chi connectivity index (χ3n) is 1.59. The minimum atomic E-state index is -4.97. The number of hydrogen-bond acceptors (Lipinski definition) is 7. The summed E-state index contributed by atoms with van der Waals surface area (Å²) in [5, 5.41) is 20.7. The molecule has 0 fully saturated rings. The van der Waals surface area contributed by atoms with E-state index in [0.29, 0.717) is 18.2 Å². The van der Waals surface area contributed by atoms with Crippen molar-refractivity contribution >= 4 is 21.5 Å². The molecule has 0 aliphatic carbocycles. The van der Waals surface area contributed by atoms with E-state index >= 15 is 0 Å². The maximum absolute atomic E-state index is 10.6. The van der Waals surface area contributed by atoms with E-state index in [2.05, 4.69) is 0 Å². The van der Waals surface area contributed by atoms with E-state index in [1.165, 1.54) is 0 Å². The van der Waals surface area contributed by atoms with Crippen molar-refractivity contribution in [2.45, 2.75) is 4.90 Å². The van der Waals surface area contributed by atoms with Crippen LogP contribution in [0.4, 0.5) is 11.4 Å². The predicted octanol–water partition coefficient (Wildman–Crippen LogP) is -2.59. The van der Waals surface area contributed by atoms with Crippen LogP contribution in [0.3, 0.4) is 0 Å². The molecule has 0 atom stereocenters. The van der Waals surface area contributed by atoms with Gasteiger partial charge in [0.25, 0.3) is 11.4 Å². The van der Waals surface area contributed by atoms with Crippen molar-refractivity contribution in [2.75, 3.05) is 0 Å². The Bertz CT molecular complexity index is 537. The Balaban J connectivity index is 0.00000256. The van der Waals surface area contributed by atoms with E-state index in [1.54, 1.807) is 0 Å². The number of nitro groups is 2. The van der Waals surface area contributed by atoms with Crippen molar-refractivity contribution in [1.29, 1.82) is 0 Å². The van der Waals surface area contributed by atoms with Crippen LogP contribution in [0.5, 0.6) is 0 Å². The van der Waals surface area contributed by atoms with E-state index in [4.69, 9.17) is 0 Å². The fourth-order valence-electron chi connectivity index (χ4n) is 0.923. The molecular weight excluding hydrogens is 251 g/mol. The molecule has 1 aromatic rings. The Labute approximate surface area is 107 Å². The summed E-state index contributed by atoms with van der Waals surface area (Å²) in [7, 11) is -4.97. The Hall–Kier alpha value is -1.47. The summed E-state index contributed by atoms with van der Waals surface area (Å²) in [5.41, 5.74) is -1.66. The second-order valence-corrected chi connectivity index (χ2v) is 4.03. The first kappa shape index (κ1) is 15.5. The molecule has 17 heavy (non-hydrogen) atoms. The van der Waals surface area contributed by atoms with Crippen molar-refractivity contribution in [1.82, 2.24) is 0 Å². The van der Waals surface area contributed by atoms with Gasteiger partial charge in [0.05, 0.1) is 20.8 Å². The van der Waals surface area contributed by atoms with Gasteiger partial charge in [-0.3, -0.25) is 20.2 Å². The van der Waals surface area contributed by atoms with Crippen LogP contribution in [0, 0.1) is 20.2 Å². The van der Waals surface area contributed by atoms with E-state index in [9.17, 15) is 33.2 Å². The van der Waals surface area contributed by atoms with E-state index in [-0.39, 0.29) is 18.9 Å². The molecule has 0 bridgehead atoms. The maximum atomic E-state index is 10.6. The third-order valence-corrected chi connectivity index (χ3v) is 2.40. The summed E-state index contributed by atoms with van der Waals surface area (Å²) in [6, 6.07) is 1.50. The van der Waals surface area contributed by atoms with Gasteiger partial charge in [0.15, 0.2) is 0 Å². The van der Waals surface area contributed by atoms with Crippen LogP contribution in [-0.4, -0.2) is 22.8 Å². The van der Waals surface area contributed by atoms with Crippen molar-refractivity contribution in [2.24, 2.45) is 0 Å². The monoisotopic (exact) mass is 254 g/mol. The van der Waals surface area contributed by atoms with Gasteiger partial charge in [-0.05, 0) is 0 Å². The Morgan fingerprint density at radius 2 is 1.29 bits per heavy atom. The fourth-order valence-corrected chi connectivity index (χ4v) is 1.45. The molecule has 0 spiro atoms. The summed E-state index contributed by atoms with van der Waals surface area (Å²) in [6.07, 6.45) is 0. The van der Waals surface area contributed by atoms with Crippen molar-refractivity contribution < 1.29 is 41.7 Å². The van der Waals surface area contributed by atoms with E-state index in [0.717, 1.165) is 0 Å². The van der Waals surface area contributed by atoms with Gasteiger partial charge in [-0.15, -0.1) is 0 Å². The predicted molar refractivity (Wildman–Crippen MR) is 47.7 cm³/mol. The number of nitro benzene ring substituents is 2. The van der Waals surface area contributed by atoms with Crippen LogP contribution in [0.25, 0.3) is 0 Å². The molecule has 0 heterocycles. The van der Waals surface area contributed by atoms with Gasteiger partial charge < -0.3 is 4.55 Å². The quantitative estimate of drug-likeness (QED) is 0.249. The largest absolute Gasteiger partial charge is 1.00 e. The van der Waals surface area contributed by atoms with E-state index in [1.807, 2.05) is 0 Å². The average Bonchev–Trinajstić information content (AvgIpc) is 2.15. The Morgan fingerprint density at radius 1 is 0.941 bits per heavy atom.